The molecule has 0 radical (unpaired) electrons. The highest BCUT2D eigenvalue weighted by atomic mass is 32.1. The minimum atomic E-state index is 0.407. The van der Waals surface area contributed by atoms with E-state index in [1.165, 1.54) is 18.4 Å². The van der Waals surface area contributed by atoms with Crippen LogP contribution in [-0.2, 0) is 6.42 Å². The van der Waals surface area contributed by atoms with Gasteiger partial charge in [0, 0.05) is 6.04 Å². The van der Waals surface area contributed by atoms with Gasteiger partial charge in [-0.3, -0.25) is 11.3 Å². The van der Waals surface area contributed by atoms with Gasteiger partial charge in [0.1, 0.15) is 0 Å². The first-order valence-electron chi connectivity index (χ1n) is 5.25. The molecule has 1 rings (SSSR count). The molecule has 3 N–H and O–H groups in total. The first-order chi connectivity index (χ1) is 6.77. The van der Waals surface area contributed by atoms with Crippen molar-refractivity contribution >= 4 is 11.3 Å². The summed E-state index contributed by atoms with van der Waals surface area (Å²) < 4.78 is 0. The zero-order valence-electron chi connectivity index (χ0n) is 8.99. The first-order valence-corrected chi connectivity index (χ1v) is 6.19. The lowest BCUT2D eigenvalue weighted by molar-refractivity contribution is 0.357. The Labute approximate surface area is 90.5 Å². The second kappa shape index (κ2) is 6.17. The van der Waals surface area contributed by atoms with E-state index in [0.29, 0.717) is 12.0 Å². The highest BCUT2D eigenvalue weighted by Crippen LogP contribution is 2.16. The largest absolute Gasteiger partial charge is 0.271 e. The van der Waals surface area contributed by atoms with Gasteiger partial charge in [0.25, 0.3) is 0 Å². The summed E-state index contributed by atoms with van der Waals surface area (Å²) in [6.07, 6.45) is 3.50. The molecule has 0 bridgehead atoms. The maximum atomic E-state index is 5.57. The molecule has 3 heteroatoms. The number of rotatable bonds is 6. The van der Waals surface area contributed by atoms with Gasteiger partial charge in [-0.05, 0) is 41.1 Å². The monoisotopic (exact) mass is 212 g/mol. The maximum absolute atomic E-state index is 5.57. The summed E-state index contributed by atoms with van der Waals surface area (Å²) in [5, 5.41) is 4.32. The molecule has 0 fully saturated rings. The predicted octanol–water partition coefficient (Wildman–Crippen LogP) is 2.56. The molecule has 2 atom stereocenters. The van der Waals surface area contributed by atoms with Gasteiger partial charge in [-0.15, -0.1) is 0 Å². The fraction of sp³-hybridized carbons (Fsp3) is 0.636. The number of nitrogens with one attached hydrogen (secondary N) is 1. The maximum Gasteiger partial charge on any atom is 0.0276 e. The Hall–Kier alpha value is -0.380. The third kappa shape index (κ3) is 3.40. The number of hydrogen-bond donors (Lipinski definition) is 2. The highest BCUT2D eigenvalue weighted by Gasteiger charge is 2.15. The van der Waals surface area contributed by atoms with Crippen LogP contribution in [0.1, 0.15) is 32.3 Å². The normalized spacial score (nSPS) is 15.4. The van der Waals surface area contributed by atoms with Crippen molar-refractivity contribution in [1.29, 1.82) is 0 Å². The molecule has 1 aromatic heterocycles. The van der Waals surface area contributed by atoms with Gasteiger partial charge in [0.2, 0.25) is 0 Å². The van der Waals surface area contributed by atoms with Crippen molar-refractivity contribution in [3.05, 3.63) is 22.4 Å². The van der Waals surface area contributed by atoms with Crippen molar-refractivity contribution in [2.75, 3.05) is 0 Å². The molecule has 0 spiro atoms. The summed E-state index contributed by atoms with van der Waals surface area (Å²) in [6.45, 7) is 4.48. The van der Waals surface area contributed by atoms with E-state index in [1.54, 1.807) is 11.3 Å². The third-order valence-electron chi connectivity index (χ3n) is 2.68. The SMILES string of the molecule is CCCC(C)C(Cc1ccsc1)NN. The van der Waals surface area contributed by atoms with E-state index in [9.17, 15) is 0 Å². The summed E-state index contributed by atoms with van der Waals surface area (Å²) in [4.78, 5) is 0. The Morgan fingerprint density at radius 1 is 1.57 bits per heavy atom. The molecule has 1 aromatic rings. The van der Waals surface area contributed by atoms with E-state index in [1.807, 2.05) is 0 Å². The van der Waals surface area contributed by atoms with Gasteiger partial charge in [0.05, 0.1) is 0 Å². The number of hydrazine groups is 1. The Morgan fingerprint density at radius 2 is 2.36 bits per heavy atom. The average molecular weight is 212 g/mol. The Bertz CT molecular complexity index is 233. The lowest BCUT2D eigenvalue weighted by Crippen LogP contribution is -2.41. The van der Waals surface area contributed by atoms with Crippen molar-refractivity contribution in [2.45, 2.75) is 39.2 Å². The van der Waals surface area contributed by atoms with Gasteiger partial charge >= 0.3 is 0 Å². The van der Waals surface area contributed by atoms with Crippen LogP contribution in [0.25, 0.3) is 0 Å². The summed E-state index contributed by atoms with van der Waals surface area (Å²) >= 11 is 1.75. The fourth-order valence-corrected chi connectivity index (χ4v) is 2.43. The van der Waals surface area contributed by atoms with E-state index in [2.05, 4.69) is 36.1 Å². The third-order valence-corrected chi connectivity index (χ3v) is 3.41. The molecule has 0 saturated heterocycles. The molecule has 0 aromatic carbocycles. The van der Waals surface area contributed by atoms with Crippen LogP contribution in [0.3, 0.4) is 0 Å². The van der Waals surface area contributed by atoms with Crippen LogP contribution in [-0.4, -0.2) is 6.04 Å². The standard InChI is InChI=1S/C11H20N2S/c1-3-4-9(2)11(13-12)7-10-5-6-14-8-10/h5-6,8-9,11,13H,3-4,7,12H2,1-2H3. The van der Waals surface area contributed by atoms with Crippen LogP contribution in [0.15, 0.2) is 16.8 Å². The second-order valence-corrected chi connectivity index (χ2v) is 4.65. The van der Waals surface area contributed by atoms with Crippen LogP contribution in [0.4, 0.5) is 0 Å². The summed E-state index contributed by atoms with van der Waals surface area (Å²) in [5.74, 6) is 6.22. The molecule has 0 aliphatic rings. The van der Waals surface area contributed by atoms with Crippen LogP contribution in [0, 0.1) is 5.92 Å². The Balaban J connectivity index is 2.46. The molecular weight excluding hydrogens is 192 g/mol. The minimum absolute atomic E-state index is 0.407. The van der Waals surface area contributed by atoms with Gasteiger partial charge in [0.15, 0.2) is 0 Å². The van der Waals surface area contributed by atoms with Gasteiger partial charge in [-0.2, -0.15) is 11.3 Å². The zero-order chi connectivity index (χ0) is 10.4. The van der Waals surface area contributed by atoms with Gasteiger partial charge < -0.3 is 0 Å². The smallest absolute Gasteiger partial charge is 0.0276 e. The van der Waals surface area contributed by atoms with E-state index >= 15 is 0 Å². The Morgan fingerprint density at radius 3 is 2.86 bits per heavy atom. The highest BCUT2D eigenvalue weighted by molar-refractivity contribution is 7.07. The van der Waals surface area contributed by atoms with Crippen molar-refractivity contribution in [3.8, 4) is 0 Å². The zero-order valence-corrected chi connectivity index (χ0v) is 9.81. The number of thiophene rings is 1. The molecular formula is C11H20N2S. The molecule has 80 valence electrons. The average Bonchev–Trinajstić information content (AvgIpc) is 2.66. The van der Waals surface area contributed by atoms with Crippen LogP contribution < -0.4 is 11.3 Å². The molecule has 14 heavy (non-hydrogen) atoms. The molecule has 0 amide bonds. The summed E-state index contributed by atoms with van der Waals surface area (Å²) in [7, 11) is 0. The quantitative estimate of drug-likeness (QED) is 0.562. The van der Waals surface area contributed by atoms with Crippen LogP contribution >= 0.6 is 11.3 Å². The van der Waals surface area contributed by atoms with Crippen molar-refractivity contribution < 1.29 is 0 Å². The van der Waals surface area contributed by atoms with E-state index in [-0.39, 0.29) is 0 Å². The van der Waals surface area contributed by atoms with Gasteiger partial charge in [-0.1, -0.05) is 20.3 Å². The lowest BCUT2D eigenvalue weighted by atomic mass is 9.93. The fourth-order valence-electron chi connectivity index (χ4n) is 1.74. The Kier molecular flexibility index (Phi) is 5.15. The number of nitrogens with two attached hydrogens (primary N) is 1. The predicted molar refractivity (Wildman–Crippen MR) is 63.2 cm³/mol. The molecule has 2 nitrogen and oxygen atoms in total. The van der Waals surface area contributed by atoms with Crippen molar-refractivity contribution in [3.63, 3.8) is 0 Å². The van der Waals surface area contributed by atoms with E-state index in [4.69, 9.17) is 5.84 Å². The van der Waals surface area contributed by atoms with E-state index < -0.39 is 0 Å². The summed E-state index contributed by atoms with van der Waals surface area (Å²) in [6, 6.07) is 2.58. The van der Waals surface area contributed by atoms with Crippen molar-refractivity contribution in [2.24, 2.45) is 11.8 Å². The molecule has 2 unspecified atom stereocenters. The molecule has 0 aliphatic heterocycles. The summed E-state index contributed by atoms with van der Waals surface area (Å²) in [5.41, 5.74) is 4.32. The van der Waals surface area contributed by atoms with Crippen molar-refractivity contribution in [1.82, 2.24) is 5.43 Å². The van der Waals surface area contributed by atoms with Gasteiger partial charge in [-0.25, -0.2) is 0 Å². The van der Waals surface area contributed by atoms with E-state index in [0.717, 1.165) is 6.42 Å². The van der Waals surface area contributed by atoms with Crippen LogP contribution in [0.2, 0.25) is 0 Å². The first kappa shape index (κ1) is 11.7. The topological polar surface area (TPSA) is 38.0 Å². The number of hydrogen-bond acceptors (Lipinski definition) is 3. The molecule has 0 saturated carbocycles. The minimum Gasteiger partial charge on any atom is -0.271 e. The molecule has 0 aliphatic carbocycles. The lowest BCUT2D eigenvalue weighted by Gasteiger charge is -2.22. The van der Waals surface area contributed by atoms with Crippen LogP contribution in [0.5, 0.6) is 0 Å². The molecule has 1 heterocycles. The second-order valence-electron chi connectivity index (χ2n) is 3.87.